The SMILES string of the molecule is O=C(NCCC(O)C(O)c1ccc2ncnc(Cl)c2c1)OCc1ccccc1. The molecule has 0 bridgehead atoms. The molecule has 0 saturated heterocycles. The van der Waals surface area contributed by atoms with Crippen molar-refractivity contribution in [3.8, 4) is 0 Å². The Kier molecular flexibility index (Phi) is 6.76. The number of nitrogens with zero attached hydrogens (tertiary/aromatic N) is 2. The normalized spacial score (nSPS) is 13.1. The maximum Gasteiger partial charge on any atom is 0.407 e. The lowest BCUT2D eigenvalue weighted by atomic mass is 10.0. The van der Waals surface area contributed by atoms with Gasteiger partial charge in [-0.15, -0.1) is 0 Å². The largest absolute Gasteiger partial charge is 0.445 e. The predicted molar refractivity (Wildman–Crippen MR) is 105 cm³/mol. The number of aromatic nitrogens is 2. The minimum atomic E-state index is -1.14. The van der Waals surface area contributed by atoms with E-state index >= 15 is 0 Å². The summed E-state index contributed by atoms with van der Waals surface area (Å²) in [4.78, 5) is 19.7. The van der Waals surface area contributed by atoms with Crippen LogP contribution in [0.5, 0.6) is 0 Å². The highest BCUT2D eigenvalue weighted by molar-refractivity contribution is 6.34. The van der Waals surface area contributed by atoms with Gasteiger partial charge in [0.2, 0.25) is 0 Å². The van der Waals surface area contributed by atoms with E-state index in [2.05, 4.69) is 15.3 Å². The van der Waals surface area contributed by atoms with E-state index in [0.717, 1.165) is 5.56 Å². The number of carbonyl (C=O) groups excluding carboxylic acids is 1. The van der Waals surface area contributed by atoms with Crippen molar-refractivity contribution in [2.24, 2.45) is 0 Å². The number of hydrogen-bond donors (Lipinski definition) is 3. The monoisotopic (exact) mass is 401 g/mol. The van der Waals surface area contributed by atoms with E-state index in [-0.39, 0.29) is 24.7 Å². The van der Waals surface area contributed by atoms with Crippen molar-refractivity contribution in [1.29, 1.82) is 0 Å². The average molecular weight is 402 g/mol. The molecule has 146 valence electrons. The molecule has 3 aromatic rings. The minimum Gasteiger partial charge on any atom is -0.445 e. The Hall–Kier alpha value is -2.74. The number of aliphatic hydroxyl groups is 2. The summed E-state index contributed by atoms with van der Waals surface area (Å²) < 4.78 is 5.09. The van der Waals surface area contributed by atoms with Gasteiger partial charge in [-0.1, -0.05) is 48.0 Å². The van der Waals surface area contributed by atoms with Gasteiger partial charge >= 0.3 is 6.09 Å². The van der Waals surface area contributed by atoms with Gasteiger partial charge in [-0.25, -0.2) is 14.8 Å². The number of benzene rings is 2. The fourth-order valence-corrected chi connectivity index (χ4v) is 2.90. The van der Waals surface area contributed by atoms with Crippen molar-refractivity contribution in [3.05, 3.63) is 71.1 Å². The van der Waals surface area contributed by atoms with Crippen LogP contribution in [0, 0.1) is 0 Å². The summed E-state index contributed by atoms with van der Waals surface area (Å²) in [6.45, 7) is 0.321. The number of ether oxygens (including phenoxy) is 1. The summed E-state index contributed by atoms with van der Waals surface area (Å²) in [5.41, 5.74) is 2.02. The molecule has 0 aliphatic heterocycles. The fourth-order valence-electron chi connectivity index (χ4n) is 2.70. The Balaban J connectivity index is 1.48. The van der Waals surface area contributed by atoms with Crippen molar-refractivity contribution >= 4 is 28.6 Å². The molecule has 1 heterocycles. The Labute approximate surface area is 167 Å². The third-order valence-corrected chi connectivity index (χ3v) is 4.54. The minimum absolute atomic E-state index is 0.151. The molecule has 2 atom stereocenters. The van der Waals surface area contributed by atoms with Crippen molar-refractivity contribution in [2.45, 2.75) is 25.2 Å². The standard InChI is InChI=1S/C20H20ClN3O4/c21-19-15-10-14(6-7-16(15)23-12-24-19)18(26)17(25)8-9-22-20(27)28-11-13-4-2-1-3-5-13/h1-7,10,12,17-18,25-26H,8-9,11H2,(H,22,27). The molecule has 0 fully saturated rings. The van der Waals surface area contributed by atoms with E-state index in [0.29, 0.717) is 16.5 Å². The maximum atomic E-state index is 11.7. The molecule has 8 heteroatoms. The second kappa shape index (κ2) is 9.45. The van der Waals surface area contributed by atoms with Gasteiger partial charge in [0.15, 0.2) is 0 Å². The van der Waals surface area contributed by atoms with Crippen molar-refractivity contribution in [1.82, 2.24) is 15.3 Å². The number of fused-ring (bicyclic) bond motifs is 1. The van der Waals surface area contributed by atoms with Gasteiger partial charge < -0.3 is 20.3 Å². The summed E-state index contributed by atoms with van der Waals surface area (Å²) in [6, 6.07) is 14.3. The molecule has 28 heavy (non-hydrogen) atoms. The summed E-state index contributed by atoms with van der Waals surface area (Å²) in [5.74, 6) is 0. The van der Waals surface area contributed by atoms with Crippen LogP contribution >= 0.6 is 11.6 Å². The number of amides is 1. The zero-order valence-corrected chi connectivity index (χ0v) is 15.7. The number of aliphatic hydroxyl groups excluding tert-OH is 2. The van der Waals surface area contributed by atoms with Crippen LogP contribution in [0.2, 0.25) is 5.15 Å². The number of halogens is 1. The number of hydrogen-bond acceptors (Lipinski definition) is 6. The average Bonchev–Trinajstić information content (AvgIpc) is 2.72. The molecule has 2 unspecified atom stereocenters. The summed E-state index contributed by atoms with van der Waals surface area (Å²) in [7, 11) is 0. The van der Waals surface area contributed by atoms with Gasteiger partial charge in [0.05, 0.1) is 11.6 Å². The van der Waals surface area contributed by atoms with E-state index in [9.17, 15) is 15.0 Å². The van der Waals surface area contributed by atoms with E-state index < -0.39 is 18.3 Å². The van der Waals surface area contributed by atoms with Gasteiger partial charge in [0.25, 0.3) is 0 Å². The van der Waals surface area contributed by atoms with Crippen LogP contribution in [0.4, 0.5) is 4.79 Å². The third-order valence-electron chi connectivity index (χ3n) is 4.24. The zero-order chi connectivity index (χ0) is 19.9. The molecule has 2 aromatic carbocycles. The van der Waals surface area contributed by atoms with Crippen LogP contribution in [-0.4, -0.2) is 38.9 Å². The first-order valence-electron chi connectivity index (χ1n) is 8.75. The zero-order valence-electron chi connectivity index (χ0n) is 15.0. The van der Waals surface area contributed by atoms with E-state index in [1.807, 2.05) is 30.3 Å². The lowest BCUT2D eigenvalue weighted by Gasteiger charge is -2.19. The molecule has 1 aromatic heterocycles. The maximum absolute atomic E-state index is 11.7. The lowest BCUT2D eigenvalue weighted by molar-refractivity contribution is 0.0137. The molecule has 3 N–H and O–H groups in total. The van der Waals surface area contributed by atoms with Gasteiger partial charge in [0.1, 0.15) is 24.2 Å². The number of alkyl carbamates (subject to hydrolysis) is 1. The summed E-state index contributed by atoms with van der Waals surface area (Å²) in [6.07, 6.45) is -1.28. The van der Waals surface area contributed by atoms with Gasteiger partial charge in [-0.3, -0.25) is 0 Å². The topological polar surface area (TPSA) is 105 Å². The molecular formula is C20H20ClN3O4. The molecule has 1 amide bonds. The van der Waals surface area contributed by atoms with Crippen LogP contribution in [0.25, 0.3) is 10.9 Å². The molecule has 0 radical (unpaired) electrons. The Bertz CT molecular complexity index is 939. The van der Waals surface area contributed by atoms with Crippen LogP contribution in [0.1, 0.15) is 23.7 Å². The summed E-state index contributed by atoms with van der Waals surface area (Å²) >= 11 is 6.05. The number of rotatable bonds is 7. The van der Waals surface area contributed by atoms with Crippen molar-refractivity contribution in [2.75, 3.05) is 6.54 Å². The van der Waals surface area contributed by atoms with Crippen LogP contribution < -0.4 is 5.32 Å². The number of carbonyl (C=O) groups is 1. The van der Waals surface area contributed by atoms with Gasteiger partial charge in [-0.05, 0) is 29.7 Å². The second-order valence-corrected chi connectivity index (χ2v) is 6.59. The third kappa shape index (κ3) is 5.16. The van der Waals surface area contributed by atoms with Crippen LogP contribution in [0.15, 0.2) is 54.9 Å². The Morgan fingerprint density at radius 3 is 2.71 bits per heavy atom. The van der Waals surface area contributed by atoms with Crippen molar-refractivity contribution in [3.63, 3.8) is 0 Å². The molecule has 0 spiro atoms. The van der Waals surface area contributed by atoms with Crippen LogP contribution in [0.3, 0.4) is 0 Å². The summed E-state index contributed by atoms with van der Waals surface area (Å²) in [5, 5.41) is 24.0. The van der Waals surface area contributed by atoms with Crippen molar-refractivity contribution < 1.29 is 19.7 Å². The molecule has 0 saturated carbocycles. The molecule has 0 aliphatic rings. The number of nitrogens with one attached hydrogen (secondary N) is 1. The van der Waals surface area contributed by atoms with Gasteiger partial charge in [-0.2, -0.15) is 0 Å². The second-order valence-electron chi connectivity index (χ2n) is 6.23. The fraction of sp³-hybridized carbons (Fsp3) is 0.250. The predicted octanol–water partition coefficient (Wildman–Crippen LogP) is 2.99. The highest BCUT2D eigenvalue weighted by Crippen LogP contribution is 2.25. The quantitative estimate of drug-likeness (QED) is 0.526. The van der Waals surface area contributed by atoms with E-state index in [1.54, 1.807) is 18.2 Å². The highest BCUT2D eigenvalue weighted by atomic mass is 35.5. The Morgan fingerprint density at radius 2 is 1.93 bits per heavy atom. The molecule has 3 rings (SSSR count). The smallest absolute Gasteiger partial charge is 0.407 e. The molecule has 7 nitrogen and oxygen atoms in total. The van der Waals surface area contributed by atoms with Crippen LogP contribution in [-0.2, 0) is 11.3 Å². The van der Waals surface area contributed by atoms with E-state index in [4.69, 9.17) is 16.3 Å². The lowest BCUT2D eigenvalue weighted by Crippen LogP contribution is -2.29. The van der Waals surface area contributed by atoms with Gasteiger partial charge in [0, 0.05) is 11.9 Å². The first-order chi connectivity index (χ1) is 13.5. The molecular weight excluding hydrogens is 382 g/mol. The first kappa shape index (κ1) is 20.0. The Morgan fingerprint density at radius 1 is 1.14 bits per heavy atom. The highest BCUT2D eigenvalue weighted by Gasteiger charge is 2.19. The first-order valence-corrected chi connectivity index (χ1v) is 9.13. The van der Waals surface area contributed by atoms with E-state index in [1.165, 1.54) is 6.33 Å². The molecule has 0 aliphatic carbocycles.